The molecule has 0 radical (unpaired) electrons. The van der Waals surface area contributed by atoms with Crippen molar-refractivity contribution in [2.75, 3.05) is 13.1 Å². The summed E-state index contributed by atoms with van der Waals surface area (Å²) in [6.07, 6.45) is 1.98. The predicted octanol–water partition coefficient (Wildman–Crippen LogP) is 3.25. The molecule has 156 valence electrons. The topological polar surface area (TPSA) is 104 Å². The number of amides is 1. The van der Waals surface area contributed by atoms with Crippen LogP contribution in [0.5, 0.6) is 0 Å². The zero-order valence-corrected chi connectivity index (χ0v) is 16.5. The van der Waals surface area contributed by atoms with Gasteiger partial charge in [0.15, 0.2) is 11.6 Å². The van der Waals surface area contributed by atoms with Gasteiger partial charge in [-0.15, -0.1) is 0 Å². The van der Waals surface area contributed by atoms with E-state index in [9.17, 15) is 23.7 Å². The largest absolute Gasteiger partial charge is 0.342 e. The molecule has 10 heteroatoms. The third-order valence-electron chi connectivity index (χ3n) is 5.49. The minimum Gasteiger partial charge on any atom is -0.342 e. The summed E-state index contributed by atoms with van der Waals surface area (Å²) in [5.74, 6) is -2.78. The monoisotopic (exact) mass is 407 g/mol. The molecule has 0 unspecified atom stereocenters. The molecule has 0 aliphatic carbocycles. The molecule has 1 saturated heterocycles. The number of nitrogens with zero attached hydrogens (tertiary/aromatic N) is 3. The first-order chi connectivity index (χ1) is 13.6. The molecule has 2 aromatic rings. The Bertz CT molecular complexity index is 938. The van der Waals surface area contributed by atoms with Crippen molar-refractivity contribution in [3.63, 3.8) is 0 Å². The highest BCUT2D eigenvalue weighted by Crippen LogP contribution is 2.35. The van der Waals surface area contributed by atoms with Crippen LogP contribution in [0.1, 0.15) is 54.5 Å². The summed E-state index contributed by atoms with van der Waals surface area (Å²) in [5, 5.41) is 20.3. The lowest BCUT2D eigenvalue weighted by Crippen LogP contribution is -2.52. The number of carbonyl (C=O) groups is 1. The number of benzene rings is 1. The van der Waals surface area contributed by atoms with Crippen molar-refractivity contribution < 1.29 is 18.5 Å². The molecule has 0 bridgehead atoms. The van der Waals surface area contributed by atoms with E-state index in [0.29, 0.717) is 5.56 Å². The van der Waals surface area contributed by atoms with Gasteiger partial charge in [-0.3, -0.25) is 24.9 Å². The first-order valence-corrected chi connectivity index (χ1v) is 9.33. The number of carbonyl (C=O) groups excluding carboxylic acids is 1. The van der Waals surface area contributed by atoms with E-state index in [-0.39, 0.29) is 11.4 Å². The van der Waals surface area contributed by atoms with Gasteiger partial charge in [-0.25, -0.2) is 8.78 Å². The Morgan fingerprint density at radius 2 is 1.97 bits per heavy atom. The second-order valence-corrected chi connectivity index (χ2v) is 7.73. The normalized spacial score (nSPS) is 16.0. The molecular weight excluding hydrogens is 384 g/mol. The fourth-order valence-electron chi connectivity index (χ4n) is 3.84. The molecule has 1 aliphatic heterocycles. The Labute approximate surface area is 166 Å². The molecule has 1 aromatic carbocycles. The fraction of sp³-hybridized carbons (Fsp3) is 0.474. The molecular formula is C19H23F2N5O3. The zero-order valence-electron chi connectivity index (χ0n) is 16.5. The summed E-state index contributed by atoms with van der Waals surface area (Å²) in [7, 11) is 0. The lowest BCUT2D eigenvalue weighted by molar-refractivity contribution is -0.385. The molecule has 1 atom stereocenters. The van der Waals surface area contributed by atoms with E-state index in [4.69, 9.17) is 0 Å². The van der Waals surface area contributed by atoms with Crippen molar-refractivity contribution in [3.8, 4) is 0 Å². The van der Waals surface area contributed by atoms with Gasteiger partial charge in [0, 0.05) is 5.54 Å². The number of aromatic nitrogens is 2. The summed E-state index contributed by atoms with van der Waals surface area (Å²) < 4.78 is 27.4. The van der Waals surface area contributed by atoms with Crippen LogP contribution in [0.3, 0.4) is 0 Å². The Morgan fingerprint density at radius 1 is 1.31 bits per heavy atom. The molecule has 3 rings (SSSR count). The van der Waals surface area contributed by atoms with Crippen LogP contribution in [0.2, 0.25) is 0 Å². The van der Waals surface area contributed by atoms with Crippen molar-refractivity contribution in [2.45, 2.75) is 45.2 Å². The first-order valence-electron chi connectivity index (χ1n) is 9.33. The van der Waals surface area contributed by atoms with Gasteiger partial charge in [-0.1, -0.05) is 6.07 Å². The summed E-state index contributed by atoms with van der Waals surface area (Å²) in [6.45, 7) is 6.84. The number of hydrogen-bond donors (Lipinski definition) is 2. The number of aryl methyl sites for hydroxylation is 1. The van der Waals surface area contributed by atoms with Crippen LogP contribution in [0.15, 0.2) is 18.2 Å². The van der Waals surface area contributed by atoms with Gasteiger partial charge >= 0.3 is 5.69 Å². The van der Waals surface area contributed by atoms with Gasteiger partial charge in [0.25, 0.3) is 5.91 Å². The van der Waals surface area contributed by atoms with Gasteiger partial charge < -0.3 is 5.32 Å². The maximum atomic E-state index is 13.9. The van der Waals surface area contributed by atoms with Crippen molar-refractivity contribution in [1.29, 1.82) is 0 Å². The number of aromatic amines is 1. The second kappa shape index (κ2) is 7.86. The van der Waals surface area contributed by atoms with Gasteiger partial charge in [-0.2, -0.15) is 5.10 Å². The number of nitro groups is 1. The van der Waals surface area contributed by atoms with Crippen molar-refractivity contribution in [2.24, 2.45) is 0 Å². The molecule has 1 fully saturated rings. The summed E-state index contributed by atoms with van der Waals surface area (Å²) in [6, 6.07) is 2.71. The highest BCUT2D eigenvalue weighted by Gasteiger charge is 2.40. The average molecular weight is 407 g/mol. The predicted molar refractivity (Wildman–Crippen MR) is 101 cm³/mol. The van der Waals surface area contributed by atoms with Gasteiger partial charge in [0.05, 0.1) is 11.0 Å². The van der Waals surface area contributed by atoms with Crippen molar-refractivity contribution >= 4 is 11.6 Å². The average Bonchev–Trinajstić information content (AvgIpc) is 3.32. The van der Waals surface area contributed by atoms with E-state index in [1.807, 2.05) is 13.8 Å². The number of nitrogens with one attached hydrogen (secondary N) is 2. The molecule has 8 nitrogen and oxygen atoms in total. The van der Waals surface area contributed by atoms with E-state index in [0.717, 1.165) is 38.1 Å². The summed E-state index contributed by atoms with van der Waals surface area (Å²) in [5.41, 5.74) is -0.897. The van der Waals surface area contributed by atoms with Crippen molar-refractivity contribution in [1.82, 2.24) is 20.4 Å². The molecule has 0 saturated carbocycles. The Hall–Kier alpha value is -2.88. The van der Waals surface area contributed by atoms with Crippen LogP contribution >= 0.6 is 0 Å². The Morgan fingerprint density at radius 3 is 2.55 bits per heavy atom. The molecule has 29 heavy (non-hydrogen) atoms. The van der Waals surface area contributed by atoms with E-state index < -0.39 is 39.7 Å². The second-order valence-electron chi connectivity index (χ2n) is 7.73. The maximum absolute atomic E-state index is 13.9. The third-order valence-corrected chi connectivity index (χ3v) is 5.49. The van der Waals surface area contributed by atoms with E-state index in [2.05, 4.69) is 20.4 Å². The summed E-state index contributed by atoms with van der Waals surface area (Å²) >= 11 is 0. The van der Waals surface area contributed by atoms with Crippen LogP contribution in [0.25, 0.3) is 0 Å². The fourth-order valence-corrected chi connectivity index (χ4v) is 3.84. The number of likely N-dealkylation sites (tertiary alicyclic amines) is 1. The molecule has 2 N–H and O–H groups in total. The first kappa shape index (κ1) is 20.8. The SMILES string of the molecule is Cc1[nH]nc(C(=O)N[C@@H](c2ccc(F)c(F)c2)C(C)(C)N2CCCC2)c1[N+](=O)[O-]. The highest BCUT2D eigenvalue weighted by molar-refractivity contribution is 5.96. The van der Waals surface area contributed by atoms with Gasteiger partial charge in [0.2, 0.25) is 5.69 Å². The minimum absolute atomic E-state index is 0.156. The number of hydrogen-bond acceptors (Lipinski definition) is 5. The van der Waals surface area contributed by atoms with Crippen LogP contribution in [-0.4, -0.2) is 44.6 Å². The van der Waals surface area contributed by atoms with Crippen LogP contribution in [0, 0.1) is 28.7 Å². The van der Waals surface area contributed by atoms with Crippen molar-refractivity contribution in [3.05, 3.63) is 56.9 Å². The van der Waals surface area contributed by atoms with E-state index in [1.165, 1.54) is 13.0 Å². The Kier molecular flexibility index (Phi) is 5.65. The highest BCUT2D eigenvalue weighted by atomic mass is 19.2. The van der Waals surface area contributed by atoms with Crippen LogP contribution < -0.4 is 5.32 Å². The van der Waals surface area contributed by atoms with E-state index >= 15 is 0 Å². The van der Waals surface area contributed by atoms with Gasteiger partial charge in [0.1, 0.15) is 5.69 Å². The van der Waals surface area contributed by atoms with Gasteiger partial charge in [-0.05, 0) is 64.4 Å². The quantitative estimate of drug-likeness (QED) is 0.565. The van der Waals surface area contributed by atoms with Crippen LogP contribution in [-0.2, 0) is 0 Å². The minimum atomic E-state index is -1.03. The Balaban J connectivity index is 2.00. The molecule has 1 aliphatic rings. The molecule has 1 amide bonds. The molecule has 1 aromatic heterocycles. The third kappa shape index (κ3) is 3.98. The number of halogens is 2. The smallest absolute Gasteiger partial charge is 0.322 e. The lowest BCUT2D eigenvalue weighted by Gasteiger charge is -2.42. The number of rotatable bonds is 6. The summed E-state index contributed by atoms with van der Waals surface area (Å²) in [4.78, 5) is 25.7. The van der Waals surface area contributed by atoms with E-state index in [1.54, 1.807) is 0 Å². The van der Waals surface area contributed by atoms with Crippen LogP contribution in [0.4, 0.5) is 14.5 Å². The standard InChI is InChI=1S/C19H23F2N5O3/c1-11-16(26(28)29)15(24-23-11)18(27)22-17(12-6-7-13(20)14(21)10-12)19(2,3)25-8-4-5-9-25/h6-7,10,17H,4-5,8-9H2,1-3H3,(H,22,27)(H,23,24)/t17-/m0/s1. The molecule has 2 heterocycles. The molecule has 0 spiro atoms. The zero-order chi connectivity index (χ0) is 21.3. The lowest BCUT2D eigenvalue weighted by atomic mass is 9.86. The number of H-pyrrole nitrogens is 1. The maximum Gasteiger partial charge on any atom is 0.322 e.